The fraction of sp³-hybridized carbons (Fsp3) is 0.867. The van der Waals surface area contributed by atoms with E-state index >= 15 is 0 Å². The molecule has 4 nitrogen and oxygen atoms in total. The highest BCUT2D eigenvalue weighted by atomic mass is 16.4. The summed E-state index contributed by atoms with van der Waals surface area (Å²) in [5, 5.41) is 8.55. The number of carbonyl (C=O) groups excluding carboxylic acids is 1. The molecule has 4 heteroatoms. The minimum Gasteiger partial charge on any atom is -0.481 e. The molecule has 0 aromatic rings. The third-order valence-electron chi connectivity index (χ3n) is 4.87. The summed E-state index contributed by atoms with van der Waals surface area (Å²) in [6.07, 6.45) is 9.79. The van der Waals surface area contributed by atoms with Crippen molar-refractivity contribution in [2.45, 2.75) is 64.2 Å². The predicted octanol–water partition coefficient (Wildman–Crippen LogP) is 2.81. The molecule has 0 aromatic carbocycles. The summed E-state index contributed by atoms with van der Waals surface area (Å²) in [7, 11) is 0. The highest BCUT2D eigenvalue weighted by Gasteiger charge is 2.37. The average Bonchev–Trinajstić information content (AvgIpc) is 2.83. The van der Waals surface area contributed by atoms with Crippen molar-refractivity contribution in [3.05, 3.63) is 0 Å². The van der Waals surface area contributed by atoms with Crippen LogP contribution in [-0.2, 0) is 9.59 Å². The molecular formula is C15H25NO3. The maximum absolute atomic E-state index is 12.0. The third-order valence-corrected chi connectivity index (χ3v) is 4.87. The number of carboxylic acid groups (broad SMARTS) is 1. The van der Waals surface area contributed by atoms with Crippen molar-refractivity contribution < 1.29 is 14.7 Å². The molecule has 1 aliphatic heterocycles. The van der Waals surface area contributed by atoms with Gasteiger partial charge in [0, 0.05) is 25.9 Å². The van der Waals surface area contributed by atoms with Gasteiger partial charge in [0.1, 0.15) is 0 Å². The Morgan fingerprint density at radius 1 is 0.947 bits per heavy atom. The van der Waals surface area contributed by atoms with Crippen molar-refractivity contribution in [2.75, 3.05) is 13.1 Å². The predicted molar refractivity (Wildman–Crippen MR) is 72.8 cm³/mol. The van der Waals surface area contributed by atoms with E-state index in [2.05, 4.69) is 0 Å². The lowest BCUT2D eigenvalue weighted by atomic mass is 9.77. The molecule has 1 heterocycles. The molecule has 1 amide bonds. The van der Waals surface area contributed by atoms with Gasteiger partial charge in [-0.1, -0.05) is 12.8 Å². The molecule has 0 bridgehead atoms. The van der Waals surface area contributed by atoms with Crippen LogP contribution in [0.2, 0.25) is 0 Å². The Morgan fingerprint density at radius 2 is 1.53 bits per heavy atom. The second-order valence-corrected chi connectivity index (χ2v) is 6.19. The van der Waals surface area contributed by atoms with Crippen molar-refractivity contribution in [1.82, 2.24) is 4.90 Å². The number of carbonyl (C=O) groups is 2. The molecule has 0 atom stereocenters. The molecule has 1 saturated heterocycles. The van der Waals surface area contributed by atoms with Crippen LogP contribution >= 0.6 is 0 Å². The molecule has 0 unspecified atom stereocenters. The molecule has 19 heavy (non-hydrogen) atoms. The summed E-state index contributed by atoms with van der Waals surface area (Å²) < 4.78 is 0. The molecule has 2 rings (SSSR count). The van der Waals surface area contributed by atoms with Crippen molar-refractivity contribution >= 4 is 11.9 Å². The van der Waals surface area contributed by atoms with Gasteiger partial charge in [-0.25, -0.2) is 0 Å². The van der Waals surface area contributed by atoms with Crippen molar-refractivity contribution in [2.24, 2.45) is 5.41 Å². The van der Waals surface area contributed by atoms with Crippen LogP contribution in [0.25, 0.3) is 0 Å². The summed E-state index contributed by atoms with van der Waals surface area (Å²) in [5.74, 6) is -0.549. The second kappa shape index (κ2) is 6.40. The summed E-state index contributed by atoms with van der Waals surface area (Å²) in [4.78, 5) is 24.4. The maximum atomic E-state index is 12.0. The minimum absolute atomic E-state index is 0.177. The van der Waals surface area contributed by atoms with Crippen LogP contribution in [0.4, 0.5) is 0 Å². The van der Waals surface area contributed by atoms with Crippen LogP contribution in [0.5, 0.6) is 0 Å². The van der Waals surface area contributed by atoms with Crippen LogP contribution in [-0.4, -0.2) is 35.0 Å². The zero-order valence-corrected chi connectivity index (χ0v) is 11.7. The Morgan fingerprint density at radius 3 is 2.11 bits per heavy atom. The summed E-state index contributed by atoms with van der Waals surface area (Å²) in [6, 6.07) is 0. The van der Waals surface area contributed by atoms with Gasteiger partial charge in [-0.3, -0.25) is 9.59 Å². The molecular weight excluding hydrogens is 242 g/mol. The minimum atomic E-state index is -0.770. The van der Waals surface area contributed by atoms with Gasteiger partial charge in [0.05, 0.1) is 0 Å². The van der Waals surface area contributed by atoms with E-state index in [-0.39, 0.29) is 12.3 Å². The van der Waals surface area contributed by atoms with Gasteiger partial charge < -0.3 is 10.0 Å². The normalized spacial score (nSPS) is 21.8. The quantitative estimate of drug-likeness (QED) is 0.779. The van der Waals surface area contributed by atoms with E-state index in [4.69, 9.17) is 5.11 Å². The van der Waals surface area contributed by atoms with Crippen LogP contribution in [0.1, 0.15) is 64.2 Å². The SMILES string of the molecule is O=C(O)CCCCC(=O)N1CCC2(CCCC2)CC1. The van der Waals surface area contributed by atoms with Crippen molar-refractivity contribution in [3.8, 4) is 0 Å². The first-order valence-corrected chi connectivity index (χ1v) is 7.61. The highest BCUT2D eigenvalue weighted by molar-refractivity contribution is 5.76. The largest absolute Gasteiger partial charge is 0.481 e. The first-order chi connectivity index (χ1) is 9.11. The Bertz CT molecular complexity index is 324. The van der Waals surface area contributed by atoms with Gasteiger partial charge in [-0.2, -0.15) is 0 Å². The lowest BCUT2D eigenvalue weighted by Gasteiger charge is -2.39. The zero-order chi connectivity index (χ0) is 13.7. The fourth-order valence-corrected chi connectivity index (χ4v) is 3.57. The zero-order valence-electron chi connectivity index (χ0n) is 11.7. The van der Waals surface area contributed by atoms with Crippen LogP contribution in [0.15, 0.2) is 0 Å². The second-order valence-electron chi connectivity index (χ2n) is 6.19. The topological polar surface area (TPSA) is 57.6 Å². The molecule has 2 aliphatic rings. The van der Waals surface area contributed by atoms with E-state index in [9.17, 15) is 9.59 Å². The lowest BCUT2D eigenvalue weighted by Crippen LogP contribution is -2.42. The molecule has 1 saturated carbocycles. The van der Waals surface area contributed by atoms with Gasteiger partial charge in [-0.15, -0.1) is 0 Å². The van der Waals surface area contributed by atoms with Gasteiger partial charge in [-0.05, 0) is 43.9 Å². The molecule has 1 spiro atoms. The van der Waals surface area contributed by atoms with Crippen LogP contribution < -0.4 is 0 Å². The molecule has 0 radical (unpaired) electrons. The number of aliphatic carboxylic acids is 1. The molecule has 1 N–H and O–H groups in total. The fourth-order valence-electron chi connectivity index (χ4n) is 3.57. The summed E-state index contributed by atoms with van der Waals surface area (Å²) in [5.41, 5.74) is 0.556. The third kappa shape index (κ3) is 3.95. The number of nitrogens with zero attached hydrogens (tertiary/aromatic N) is 1. The number of amides is 1. The smallest absolute Gasteiger partial charge is 0.303 e. The Balaban J connectivity index is 1.66. The van der Waals surface area contributed by atoms with E-state index in [1.165, 1.54) is 38.5 Å². The van der Waals surface area contributed by atoms with Crippen LogP contribution in [0, 0.1) is 5.41 Å². The number of hydrogen-bond acceptors (Lipinski definition) is 2. The average molecular weight is 267 g/mol. The van der Waals surface area contributed by atoms with E-state index in [1.807, 2.05) is 4.90 Å². The number of likely N-dealkylation sites (tertiary alicyclic amines) is 1. The number of unbranched alkanes of at least 4 members (excludes halogenated alkanes) is 1. The van der Waals surface area contributed by atoms with Crippen molar-refractivity contribution in [1.29, 1.82) is 0 Å². The highest BCUT2D eigenvalue weighted by Crippen LogP contribution is 2.46. The first-order valence-electron chi connectivity index (χ1n) is 7.61. The summed E-state index contributed by atoms with van der Waals surface area (Å²) in [6.45, 7) is 1.83. The Hall–Kier alpha value is -1.06. The number of hydrogen-bond donors (Lipinski definition) is 1. The molecule has 2 fully saturated rings. The van der Waals surface area contributed by atoms with Gasteiger partial charge in [0.15, 0.2) is 0 Å². The van der Waals surface area contributed by atoms with E-state index < -0.39 is 5.97 Å². The van der Waals surface area contributed by atoms with Crippen LogP contribution in [0.3, 0.4) is 0 Å². The number of rotatable bonds is 5. The van der Waals surface area contributed by atoms with E-state index in [0.717, 1.165) is 13.1 Å². The Kier molecular flexibility index (Phi) is 4.83. The van der Waals surface area contributed by atoms with E-state index in [0.29, 0.717) is 24.7 Å². The lowest BCUT2D eigenvalue weighted by molar-refractivity contribution is -0.138. The molecule has 0 aromatic heterocycles. The van der Waals surface area contributed by atoms with E-state index in [1.54, 1.807) is 0 Å². The number of piperidine rings is 1. The standard InChI is InChI=1S/C15H25NO3/c17-13(5-1-2-6-14(18)19)16-11-9-15(10-12-16)7-3-4-8-15/h1-12H2,(H,18,19). The maximum Gasteiger partial charge on any atom is 0.303 e. The van der Waals surface area contributed by atoms with Crippen molar-refractivity contribution in [3.63, 3.8) is 0 Å². The van der Waals surface area contributed by atoms with Gasteiger partial charge in [0.25, 0.3) is 0 Å². The monoisotopic (exact) mass is 267 g/mol. The Labute approximate surface area is 115 Å². The molecule has 108 valence electrons. The van der Waals surface area contributed by atoms with Gasteiger partial charge in [0.2, 0.25) is 5.91 Å². The number of carboxylic acids is 1. The first kappa shape index (κ1) is 14.4. The summed E-state index contributed by atoms with van der Waals surface area (Å²) >= 11 is 0. The molecule has 1 aliphatic carbocycles. The van der Waals surface area contributed by atoms with Gasteiger partial charge >= 0.3 is 5.97 Å².